The van der Waals surface area contributed by atoms with E-state index in [4.69, 9.17) is 0 Å². The lowest BCUT2D eigenvalue weighted by Gasteiger charge is -2.22. The summed E-state index contributed by atoms with van der Waals surface area (Å²) in [4.78, 5) is 22.6. The van der Waals surface area contributed by atoms with Crippen LogP contribution in [-0.4, -0.2) is 63.4 Å². The van der Waals surface area contributed by atoms with Crippen molar-refractivity contribution < 1.29 is 13.2 Å². The summed E-state index contributed by atoms with van der Waals surface area (Å²) in [6.07, 6.45) is 1.55. The van der Waals surface area contributed by atoms with Gasteiger partial charge in [0.15, 0.2) is 15.0 Å². The highest BCUT2D eigenvalue weighted by molar-refractivity contribution is 7.99. The fourth-order valence-corrected chi connectivity index (χ4v) is 5.66. The van der Waals surface area contributed by atoms with Crippen molar-refractivity contribution >= 4 is 54.2 Å². The predicted octanol–water partition coefficient (Wildman–Crippen LogP) is 3.78. The number of carbonyl (C=O) groups is 1. The van der Waals surface area contributed by atoms with Gasteiger partial charge in [0.25, 0.3) is 0 Å². The van der Waals surface area contributed by atoms with Crippen molar-refractivity contribution in [3.8, 4) is 0 Å². The molecule has 6 nitrogen and oxygen atoms in total. The maximum atomic E-state index is 13.0. The van der Waals surface area contributed by atoms with E-state index in [9.17, 15) is 13.2 Å². The zero-order valence-corrected chi connectivity index (χ0v) is 19.7. The number of amides is 1. The van der Waals surface area contributed by atoms with Crippen molar-refractivity contribution in [1.82, 2.24) is 9.88 Å². The molecule has 1 amide bonds. The number of rotatable bonds is 9. The highest BCUT2D eigenvalue weighted by atomic mass is 32.2. The number of benzene rings is 2. The molecule has 160 valence electrons. The first-order chi connectivity index (χ1) is 14.3. The zero-order chi connectivity index (χ0) is 21.7. The molecule has 2 aromatic carbocycles. The molecule has 30 heavy (non-hydrogen) atoms. The summed E-state index contributed by atoms with van der Waals surface area (Å²) < 4.78 is 25.0. The van der Waals surface area contributed by atoms with Crippen LogP contribution in [-0.2, 0) is 14.6 Å². The van der Waals surface area contributed by atoms with Crippen LogP contribution in [0.5, 0.6) is 0 Å². The Hall–Kier alpha value is -1.94. The smallest absolute Gasteiger partial charge is 0.229 e. The third-order valence-corrected chi connectivity index (χ3v) is 7.59. The first-order valence-corrected chi connectivity index (χ1v) is 13.2. The number of thiazole rings is 1. The molecule has 1 aromatic heterocycles. The summed E-state index contributed by atoms with van der Waals surface area (Å²) in [7, 11) is 0.501. The second kappa shape index (κ2) is 9.91. The molecule has 0 N–H and O–H groups in total. The summed E-state index contributed by atoms with van der Waals surface area (Å²) >= 11 is 2.99. The summed E-state index contributed by atoms with van der Waals surface area (Å²) in [5, 5.41) is 0.540. The van der Waals surface area contributed by atoms with Gasteiger partial charge >= 0.3 is 0 Å². The SMILES string of the molecule is CN(C)CCN(C(=O)CCSc1ccccc1)c1nc2c(S(C)(=O)=O)cccc2s1. The number of anilines is 1. The van der Waals surface area contributed by atoms with Gasteiger partial charge in [0, 0.05) is 36.4 Å². The van der Waals surface area contributed by atoms with Crippen LogP contribution in [0, 0.1) is 0 Å². The van der Waals surface area contributed by atoms with Gasteiger partial charge in [-0.25, -0.2) is 13.4 Å². The van der Waals surface area contributed by atoms with Gasteiger partial charge in [-0.05, 0) is 38.4 Å². The molecule has 0 saturated carbocycles. The van der Waals surface area contributed by atoms with Gasteiger partial charge in [-0.3, -0.25) is 9.69 Å². The van der Waals surface area contributed by atoms with Gasteiger partial charge in [-0.1, -0.05) is 35.6 Å². The fourth-order valence-electron chi connectivity index (χ4n) is 2.86. The standard InChI is InChI=1S/C21H25N3O3S3/c1-23(2)13-14-24(19(25)12-15-28-16-8-5-4-6-9-16)21-22-20-17(29-21)10-7-11-18(20)30(3,26)27/h4-11H,12-15H2,1-3H3. The fraction of sp³-hybridized carbons (Fsp3) is 0.333. The Labute approximate surface area is 185 Å². The van der Waals surface area contributed by atoms with Gasteiger partial charge in [0.05, 0.1) is 9.60 Å². The lowest BCUT2D eigenvalue weighted by molar-refractivity contribution is -0.118. The minimum absolute atomic E-state index is 0.0137. The predicted molar refractivity (Wildman–Crippen MR) is 125 cm³/mol. The molecule has 0 aliphatic carbocycles. The Balaban J connectivity index is 1.83. The van der Waals surface area contributed by atoms with Gasteiger partial charge in [0.1, 0.15) is 5.52 Å². The summed E-state index contributed by atoms with van der Waals surface area (Å²) in [5.74, 6) is 0.654. The van der Waals surface area contributed by atoms with Gasteiger partial charge in [-0.15, -0.1) is 11.8 Å². The van der Waals surface area contributed by atoms with E-state index in [2.05, 4.69) is 4.98 Å². The molecule has 9 heteroatoms. The molecule has 0 unspecified atom stereocenters. The molecule has 0 spiro atoms. The first-order valence-electron chi connectivity index (χ1n) is 9.48. The minimum Gasteiger partial charge on any atom is -0.308 e. The number of nitrogens with zero attached hydrogens (tertiary/aromatic N) is 3. The summed E-state index contributed by atoms with van der Waals surface area (Å²) in [6.45, 7) is 1.18. The lowest BCUT2D eigenvalue weighted by atomic mass is 10.3. The molecule has 3 aromatic rings. The Morgan fingerprint density at radius 3 is 2.47 bits per heavy atom. The highest BCUT2D eigenvalue weighted by Gasteiger charge is 2.22. The molecule has 0 atom stereocenters. The highest BCUT2D eigenvalue weighted by Crippen LogP contribution is 2.33. The average molecular weight is 464 g/mol. The molecular weight excluding hydrogens is 438 g/mol. The third kappa shape index (κ3) is 5.81. The zero-order valence-electron chi connectivity index (χ0n) is 17.2. The molecule has 0 aliphatic rings. The van der Waals surface area contributed by atoms with Crippen LogP contribution in [0.4, 0.5) is 5.13 Å². The van der Waals surface area contributed by atoms with Crippen LogP contribution >= 0.6 is 23.1 Å². The Morgan fingerprint density at radius 1 is 1.07 bits per heavy atom. The van der Waals surface area contributed by atoms with E-state index in [-0.39, 0.29) is 10.8 Å². The van der Waals surface area contributed by atoms with Crippen molar-refractivity contribution in [2.24, 2.45) is 0 Å². The van der Waals surface area contributed by atoms with Crippen LogP contribution in [0.3, 0.4) is 0 Å². The van der Waals surface area contributed by atoms with E-state index >= 15 is 0 Å². The Bertz CT molecular complexity index is 1110. The van der Waals surface area contributed by atoms with Gasteiger partial charge < -0.3 is 4.90 Å². The van der Waals surface area contributed by atoms with E-state index < -0.39 is 9.84 Å². The van der Waals surface area contributed by atoms with Gasteiger partial charge in [-0.2, -0.15) is 0 Å². The topological polar surface area (TPSA) is 70.6 Å². The number of likely N-dealkylation sites (N-methyl/N-ethyl adjacent to an activating group) is 1. The quantitative estimate of drug-likeness (QED) is 0.450. The van der Waals surface area contributed by atoms with Crippen molar-refractivity contribution in [3.05, 3.63) is 48.5 Å². The van der Waals surface area contributed by atoms with Gasteiger partial charge in [0.2, 0.25) is 5.91 Å². The van der Waals surface area contributed by atoms with Crippen LogP contribution in [0.15, 0.2) is 58.3 Å². The Morgan fingerprint density at radius 2 is 1.80 bits per heavy atom. The normalized spacial score (nSPS) is 11.9. The number of hydrogen-bond donors (Lipinski definition) is 0. The molecule has 0 saturated heterocycles. The molecular formula is C21H25N3O3S3. The van der Waals surface area contributed by atoms with E-state index in [1.54, 1.807) is 28.8 Å². The lowest BCUT2D eigenvalue weighted by Crippen LogP contribution is -2.36. The molecule has 0 bridgehead atoms. The molecule has 3 rings (SSSR count). The maximum Gasteiger partial charge on any atom is 0.229 e. The van der Waals surface area contributed by atoms with Crippen LogP contribution in [0.1, 0.15) is 6.42 Å². The van der Waals surface area contributed by atoms with Crippen molar-refractivity contribution in [2.45, 2.75) is 16.2 Å². The van der Waals surface area contributed by atoms with Crippen LogP contribution < -0.4 is 4.90 Å². The van der Waals surface area contributed by atoms with E-state index in [0.717, 1.165) is 9.60 Å². The number of hydrogen-bond acceptors (Lipinski definition) is 7. The maximum absolute atomic E-state index is 13.0. The van der Waals surface area contributed by atoms with E-state index in [1.165, 1.54) is 17.6 Å². The van der Waals surface area contributed by atoms with Crippen LogP contribution in [0.2, 0.25) is 0 Å². The number of para-hydroxylation sites is 1. The first kappa shape index (κ1) is 22.7. The summed E-state index contributed by atoms with van der Waals surface area (Å²) in [6, 6.07) is 15.1. The third-order valence-electron chi connectivity index (χ3n) is 4.40. The number of thioether (sulfide) groups is 1. The largest absolute Gasteiger partial charge is 0.308 e. The minimum atomic E-state index is -3.40. The second-order valence-electron chi connectivity index (χ2n) is 7.13. The second-order valence-corrected chi connectivity index (χ2v) is 11.3. The van der Waals surface area contributed by atoms with Crippen molar-refractivity contribution in [2.75, 3.05) is 44.1 Å². The molecule has 0 radical (unpaired) electrons. The average Bonchev–Trinajstić information content (AvgIpc) is 3.11. The molecule has 1 heterocycles. The summed E-state index contributed by atoms with van der Waals surface area (Å²) in [5.41, 5.74) is 0.432. The number of carbonyl (C=O) groups excluding carboxylic acids is 1. The number of aromatic nitrogens is 1. The van der Waals surface area contributed by atoms with E-state index in [1.807, 2.05) is 55.4 Å². The monoisotopic (exact) mass is 463 g/mol. The molecule has 0 aliphatic heterocycles. The van der Waals surface area contributed by atoms with Crippen LogP contribution in [0.25, 0.3) is 10.2 Å². The molecule has 0 fully saturated rings. The number of fused-ring (bicyclic) bond motifs is 1. The van der Waals surface area contributed by atoms with Crippen molar-refractivity contribution in [3.63, 3.8) is 0 Å². The number of sulfone groups is 1. The van der Waals surface area contributed by atoms with E-state index in [0.29, 0.717) is 35.9 Å². The van der Waals surface area contributed by atoms with Crippen molar-refractivity contribution in [1.29, 1.82) is 0 Å². The Kier molecular flexibility index (Phi) is 7.51.